The predicted molar refractivity (Wildman–Crippen MR) is 105 cm³/mol. The van der Waals surface area contributed by atoms with Gasteiger partial charge in [0, 0.05) is 35.4 Å². The monoisotopic (exact) mass is 354 g/mol. The van der Waals surface area contributed by atoms with E-state index in [9.17, 15) is 0 Å². The van der Waals surface area contributed by atoms with E-state index in [-0.39, 0.29) is 12.1 Å². The summed E-state index contributed by atoms with van der Waals surface area (Å²) in [5.74, 6) is 0. The van der Waals surface area contributed by atoms with Crippen LogP contribution >= 0.6 is 11.8 Å². The Bertz CT molecular complexity index is 809. The molecule has 3 unspecified atom stereocenters. The van der Waals surface area contributed by atoms with E-state index < -0.39 is 0 Å². The molecule has 0 N–H and O–H groups in total. The average molecular weight is 355 g/mol. The molecular formula is C20H26N4S. The molecule has 2 aromatic rings. The highest BCUT2D eigenvalue weighted by atomic mass is 32.2. The average Bonchev–Trinajstić information content (AvgIpc) is 3.18. The molecule has 1 fully saturated rings. The van der Waals surface area contributed by atoms with Crippen molar-refractivity contribution in [2.45, 2.75) is 58.0 Å². The van der Waals surface area contributed by atoms with E-state index in [4.69, 9.17) is 4.99 Å². The second-order valence-corrected chi connectivity index (χ2v) is 8.83. The van der Waals surface area contributed by atoms with E-state index in [0.717, 1.165) is 12.2 Å². The second kappa shape index (κ2) is 6.20. The zero-order valence-electron chi connectivity index (χ0n) is 15.6. The van der Waals surface area contributed by atoms with Crippen LogP contribution in [0.5, 0.6) is 0 Å². The molecule has 132 valence electrons. The van der Waals surface area contributed by atoms with E-state index in [1.54, 1.807) is 0 Å². The van der Waals surface area contributed by atoms with E-state index in [1.165, 1.54) is 22.1 Å². The molecule has 0 aromatic carbocycles. The lowest BCUT2D eigenvalue weighted by atomic mass is 9.96. The molecule has 4 nitrogen and oxygen atoms in total. The first-order chi connectivity index (χ1) is 12.0. The van der Waals surface area contributed by atoms with Crippen LogP contribution in [0.3, 0.4) is 0 Å². The van der Waals surface area contributed by atoms with Crippen LogP contribution in [0.1, 0.15) is 61.5 Å². The highest BCUT2D eigenvalue weighted by Crippen LogP contribution is 2.48. The Balaban J connectivity index is 1.82. The Morgan fingerprint density at radius 2 is 2.04 bits per heavy atom. The Labute approximate surface area is 154 Å². The molecule has 1 saturated heterocycles. The first kappa shape index (κ1) is 16.7. The Hall–Kier alpha value is -1.75. The number of aryl methyl sites for hydroxylation is 1. The topological polar surface area (TPSA) is 33.4 Å². The summed E-state index contributed by atoms with van der Waals surface area (Å²) in [6.45, 7) is 12.3. The number of pyridine rings is 1. The van der Waals surface area contributed by atoms with Crippen LogP contribution in [0.15, 0.2) is 35.5 Å². The van der Waals surface area contributed by atoms with E-state index >= 15 is 0 Å². The van der Waals surface area contributed by atoms with Crippen molar-refractivity contribution in [3.05, 3.63) is 53.1 Å². The van der Waals surface area contributed by atoms with E-state index in [1.807, 2.05) is 24.0 Å². The standard InChI is InChI=1S/C20H26N4S/c1-12(2)24-13(3)10-16(15(24)5)19-18(17-8-6-7-9-21-17)22-20-23(19)11-14(4)25-20/h6-10,12,14,18-19H,11H2,1-5H3. The van der Waals surface area contributed by atoms with Crippen LogP contribution in [0.25, 0.3) is 0 Å². The summed E-state index contributed by atoms with van der Waals surface area (Å²) in [4.78, 5) is 12.2. The van der Waals surface area contributed by atoms with Crippen molar-refractivity contribution < 1.29 is 0 Å². The van der Waals surface area contributed by atoms with Crippen molar-refractivity contribution in [2.75, 3.05) is 6.54 Å². The number of hydrogen-bond acceptors (Lipinski definition) is 4. The quantitative estimate of drug-likeness (QED) is 0.803. The van der Waals surface area contributed by atoms with Crippen molar-refractivity contribution in [3.63, 3.8) is 0 Å². The molecule has 0 amide bonds. The SMILES string of the molecule is Cc1cc(C2C(c3ccccn3)N=C3SC(C)CN32)c(C)n1C(C)C. The minimum absolute atomic E-state index is 0.0808. The van der Waals surface area contributed by atoms with Crippen LogP contribution in [0.4, 0.5) is 0 Å². The maximum Gasteiger partial charge on any atom is 0.160 e. The van der Waals surface area contributed by atoms with Crippen LogP contribution in [-0.4, -0.2) is 31.4 Å². The predicted octanol–water partition coefficient (Wildman–Crippen LogP) is 4.67. The fourth-order valence-corrected chi connectivity index (χ4v) is 5.44. The maximum absolute atomic E-state index is 5.09. The van der Waals surface area contributed by atoms with E-state index in [2.05, 4.69) is 67.3 Å². The molecule has 4 rings (SSSR count). The van der Waals surface area contributed by atoms with Gasteiger partial charge in [0.2, 0.25) is 0 Å². The van der Waals surface area contributed by atoms with Gasteiger partial charge in [0.25, 0.3) is 0 Å². The number of aromatic nitrogens is 2. The summed E-state index contributed by atoms with van der Waals surface area (Å²) < 4.78 is 2.44. The normalized spacial score (nSPS) is 25.6. The van der Waals surface area contributed by atoms with Gasteiger partial charge in [-0.1, -0.05) is 24.8 Å². The molecule has 3 atom stereocenters. The molecule has 25 heavy (non-hydrogen) atoms. The van der Waals surface area contributed by atoms with Gasteiger partial charge in [-0.25, -0.2) is 0 Å². The largest absolute Gasteiger partial charge is 0.346 e. The molecule has 0 aliphatic carbocycles. The van der Waals surface area contributed by atoms with Gasteiger partial charge in [-0.2, -0.15) is 0 Å². The van der Waals surface area contributed by atoms with Crippen molar-refractivity contribution >= 4 is 16.9 Å². The van der Waals surface area contributed by atoms with Gasteiger partial charge >= 0.3 is 0 Å². The third-order valence-corrected chi connectivity index (χ3v) is 6.34. The van der Waals surface area contributed by atoms with Gasteiger partial charge in [-0.15, -0.1) is 0 Å². The maximum atomic E-state index is 5.09. The molecule has 0 bridgehead atoms. The number of nitrogens with zero attached hydrogens (tertiary/aromatic N) is 4. The van der Waals surface area contributed by atoms with Crippen LogP contribution < -0.4 is 0 Å². The van der Waals surface area contributed by atoms with Crippen molar-refractivity contribution in [1.82, 2.24) is 14.5 Å². The molecule has 4 heterocycles. The molecule has 0 saturated carbocycles. The number of thioether (sulfide) groups is 1. The molecule has 2 aliphatic rings. The van der Waals surface area contributed by atoms with Crippen molar-refractivity contribution in [1.29, 1.82) is 0 Å². The third-order valence-electron chi connectivity index (χ3n) is 5.24. The lowest BCUT2D eigenvalue weighted by Gasteiger charge is -2.27. The zero-order chi connectivity index (χ0) is 17.7. The summed E-state index contributed by atoms with van der Waals surface area (Å²) >= 11 is 1.90. The van der Waals surface area contributed by atoms with Crippen LogP contribution in [-0.2, 0) is 0 Å². The van der Waals surface area contributed by atoms with Crippen molar-refractivity contribution in [2.24, 2.45) is 4.99 Å². The fourth-order valence-electron chi connectivity index (χ4n) is 4.35. The first-order valence-corrected chi connectivity index (χ1v) is 9.95. The first-order valence-electron chi connectivity index (χ1n) is 9.07. The van der Waals surface area contributed by atoms with Gasteiger partial charge in [-0.3, -0.25) is 9.98 Å². The molecule has 2 aromatic heterocycles. The Kier molecular flexibility index (Phi) is 4.14. The van der Waals surface area contributed by atoms with Gasteiger partial charge < -0.3 is 9.47 Å². The smallest absolute Gasteiger partial charge is 0.160 e. The number of rotatable bonds is 3. The summed E-state index contributed by atoms with van der Waals surface area (Å²) in [5.41, 5.74) is 5.15. The van der Waals surface area contributed by atoms with Gasteiger partial charge in [0.15, 0.2) is 5.17 Å². The second-order valence-electron chi connectivity index (χ2n) is 7.43. The number of aliphatic imine (C=N–C) groups is 1. The number of hydrogen-bond donors (Lipinski definition) is 0. The van der Waals surface area contributed by atoms with Gasteiger partial charge in [0.1, 0.15) is 6.04 Å². The molecule has 0 spiro atoms. The summed E-state index contributed by atoms with van der Waals surface area (Å²) in [7, 11) is 0. The van der Waals surface area contributed by atoms with Crippen molar-refractivity contribution in [3.8, 4) is 0 Å². The third kappa shape index (κ3) is 2.69. The highest BCUT2D eigenvalue weighted by Gasteiger charge is 2.44. The fraction of sp³-hybridized carbons (Fsp3) is 0.500. The number of amidine groups is 1. The lowest BCUT2D eigenvalue weighted by Crippen LogP contribution is -2.29. The Morgan fingerprint density at radius 3 is 2.68 bits per heavy atom. The van der Waals surface area contributed by atoms with Crippen LogP contribution in [0, 0.1) is 13.8 Å². The summed E-state index contributed by atoms with van der Waals surface area (Å²) in [5, 5.41) is 1.78. The lowest BCUT2D eigenvalue weighted by molar-refractivity contribution is 0.319. The minimum atomic E-state index is 0.0808. The van der Waals surface area contributed by atoms with Crippen LogP contribution in [0.2, 0.25) is 0 Å². The summed E-state index contributed by atoms with van der Waals surface area (Å²) in [6, 6.07) is 9.31. The molecule has 0 radical (unpaired) electrons. The minimum Gasteiger partial charge on any atom is -0.346 e. The molecular weight excluding hydrogens is 328 g/mol. The Morgan fingerprint density at radius 1 is 1.24 bits per heavy atom. The molecule has 2 aliphatic heterocycles. The molecule has 5 heteroatoms. The zero-order valence-corrected chi connectivity index (χ0v) is 16.4. The number of fused-ring (bicyclic) bond motifs is 1. The van der Waals surface area contributed by atoms with Gasteiger partial charge in [-0.05, 0) is 51.5 Å². The highest BCUT2D eigenvalue weighted by molar-refractivity contribution is 8.14. The van der Waals surface area contributed by atoms with E-state index in [0.29, 0.717) is 11.3 Å². The van der Waals surface area contributed by atoms with Gasteiger partial charge in [0.05, 0.1) is 11.7 Å². The summed E-state index contributed by atoms with van der Waals surface area (Å²) in [6.07, 6.45) is 1.88.